The van der Waals surface area contributed by atoms with Gasteiger partial charge in [-0.25, -0.2) is 0 Å². The quantitative estimate of drug-likeness (QED) is 0.734. The Balaban J connectivity index is 2.15. The second-order valence-electron chi connectivity index (χ2n) is 4.66. The number of alkyl halides is 1. The largest absolute Gasteiger partial charge is 0.355 e. The van der Waals surface area contributed by atoms with Crippen LogP contribution in [-0.2, 0) is 9.59 Å². The zero-order valence-electron chi connectivity index (χ0n) is 10.4. The summed E-state index contributed by atoms with van der Waals surface area (Å²) in [6.07, 6.45) is 5.41. The Morgan fingerprint density at radius 1 is 1.35 bits per heavy atom. The van der Waals surface area contributed by atoms with Crippen molar-refractivity contribution in [2.24, 2.45) is 5.92 Å². The van der Waals surface area contributed by atoms with E-state index in [9.17, 15) is 9.59 Å². The van der Waals surface area contributed by atoms with Crippen LogP contribution in [0.3, 0.4) is 0 Å². The minimum Gasteiger partial charge on any atom is -0.355 e. The van der Waals surface area contributed by atoms with E-state index in [0.717, 1.165) is 6.54 Å². The fraction of sp³-hybridized carbons (Fsp3) is 0.833. The van der Waals surface area contributed by atoms with Crippen LogP contribution in [0.5, 0.6) is 0 Å². The molecule has 0 bridgehead atoms. The van der Waals surface area contributed by atoms with E-state index in [-0.39, 0.29) is 17.7 Å². The lowest BCUT2D eigenvalue weighted by molar-refractivity contribution is -0.130. The lowest BCUT2D eigenvalue weighted by atomic mass is 10.1. The lowest BCUT2D eigenvalue weighted by Gasteiger charge is -2.21. The number of carbonyl (C=O) groups excluding carboxylic acids is 2. The maximum atomic E-state index is 11.7. The second-order valence-corrected chi connectivity index (χ2v) is 4.93. The third kappa shape index (κ3) is 5.39. The van der Waals surface area contributed by atoms with Gasteiger partial charge in [-0.3, -0.25) is 9.59 Å². The van der Waals surface area contributed by atoms with Crippen molar-refractivity contribution >= 4 is 23.4 Å². The molecule has 0 unspecified atom stereocenters. The number of halogens is 1. The summed E-state index contributed by atoms with van der Waals surface area (Å²) in [4.78, 5) is 24.4. The molecule has 0 aromatic carbocycles. The first kappa shape index (κ1) is 14.3. The summed E-state index contributed by atoms with van der Waals surface area (Å²) in [5.74, 6) is 0.484. The molecule has 0 aromatic rings. The van der Waals surface area contributed by atoms with E-state index in [1.165, 1.54) is 25.7 Å². The fourth-order valence-corrected chi connectivity index (χ4v) is 2.32. The highest BCUT2D eigenvalue weighted by molar-refractivity contribution is 6.27. The van der Waals surface area contributed by atoms with Crippen molar-refractivity contribution in [1.29, 1.82) is 0 Å². The van der Waals surface area contributed by atoms with Crippen molar-refractivity contribution in [1.82, 2.24) is 10.2 Å². The van der Waals surface area contributed by atoms with Gasteiger partial charge in [0, 0.05) is 26.6 Å². The molecule has 0 aliphatic heterocycles. The van der Waals surface area contributed by atoms with Gasteiger partial charge >= 0.3 is 0 Å². The van der Waals surface area contributed by atoms with Crippen LogP contribution in [0, 0.1) is 5.92 Å². The van der Waals surface area contributed by atoms with Gasteiger partial charge < -0.3 is 10.2 Å². The SMILES string of the molecule is CN(CC1CCCC1)C(=O)CCNC(=O)CCl. The van der Waals surface area contributed by atoms with Crippen LogP contribution in [0.2, 0.25) is 0 Å². The molecule has 17 heavy (non-hydrogen) atoms. The first-order valence-electron chi connectivity index (χ1n) is 6.20. The molecule has 0 heterocycles. The molecule has 1 aliphatic carbocycles. The van der Waals surface area contributed by atoms with Gasteiger partial charge in [-0.1, -0.05) is 12.8 Å². The first-order chi connectivity index (χ1) is 8.13. The molecule has 4 nitrogen and oxygen atoms in total. The Morgan fingerprint density at radius 3 is 2.59 bits per heavy atom. The molecule has 5 heteroatoms. The molecule has 0 spiro atoms. The molecular formula is C12H21ClN2O2. The summed E-state index contributed by atoms with van der Waals surface area (Å²) in [7, 11) is 1.84. The summed E-state index contributed by atoms with van der Waals surface area (Å²) in [6, 6.07) is 0. The number of carbonyl (C=O) groups is 2. The zero-order valence-corrected chi connectivity index (χ0v) is 11.1. The number of nitrogens with one attached hydrogen (secondary N) is 1. The van der Waals surface area contributed by atoms with E-state index >= 15 is 0 Å². The predicted octanol–water partition coefficient (Wildman–Crippen LogP) is 1.38. The van der Waals surface area contributed by atoms with E-state index in [4.69, 9.17) is 11.6 Å². The third-order valence-corrected chi connectivity index (χ3v) is 3.46. The Hall–Kier alpha value is -0.770. The molecular weight excluding hydrogens is 240 g/mol. The molecule has 98 valence electrons. The highest BCUT2D eigenvalue weighted by Crippen LogP contribution is 2.25. The minimum atomic E-state index is -0.224. The normalized spacial score (nSPS) is 15.9. The Kier molecular flexibility index (Phi) is 6.34. The average Bonchev–Trinajstić information content (AvgIpc) is 2.81. The molecule has 1 N–H and O–H groups in total. The smallest absolute Gasteiger partial charge is 0.234 e. The zero-order chi connectivity index (χ0) is 12.7. The highest BCUT2D eigenvalue weighted by atomic mass is 35.5. The van der Waals surface area contributed by atoms with Crippen molar-refractivity contribution in [3.05, 3.63) is 0 Å². The van der Waals surface area contributed by atoms with Gasteiger partial charge in [0.1, 0.15) is 5.88 Å². The molecule has 0 atom stereocenters. The number of hydrogen-bond acceptors (Lipinski definition) is 2. The summed E-state index contributed by atoms with van der Waals surface area (Å²) >= 11 is 5.34. The number of nitrogens with zero attached hydrogens (tertiary/aromatic N) is 1. The molecule has 0 radical (unpaired) electrons. The Bertz CT molecular complexity index is 265. The van der Waals surface area contributed by atoms with Crippen LogP contribution in [0.15, 0.2) is 0 Å². The van der Waals surface area contributed by atoms with Crippen molar-refractivity contribution in [3.63, 3.8) is 0 Å². The summed E-state index contributed by atoms with van der Waals surface area (Å²) in [5.41, 5.74) is 0. The predicted molar refractivity (Wildman–Crippen MR) is 67.9 cm³/mol. The van der Waals surface area contributed by atoms with E-state index in [1.807, 2.05) is 7.05 Å². The number of amides is 2. The van der Waals surface area contributed by atoms with E-state index in [1.54, 1.807) is 4.90 Å². The summed E-state index contributed by atoms with van der Waals surface area (Å²) in [6.45, 7) is 1.22. The summed E-state index contributed by atoms with van der Waals surface area (Å²) < 4.78 is 0. The molecule has 1 aliphatic rings. The van der Waals surface area contributed by atoms with Gasteiger partial charge in [-0.05, 0) is 18.8 Å². The molecule has 1 rings (SSSR count). The van der Waals surface area contributed by atoms with Gasteiger partial charge in [-0.15, -0.1) is 11.6 Å². The van der Waals surface area contributed by atoms with Crippen LogP contribution in [-0.4, -0.2) is 42.7 Å². The van der Waals surface area contributed by atoms with Crippen LogP contribution in [0.1, 0.15) is 32.1 Å². The highest BCUT2D eigenvalue weighted by Gasteiger charge is 2.19. The molecule has 2 amide bonds. The Labute approximate surface area is 108 Å². The third-order valence-electron chi connectivity index (χ3n) is 3.21. The van der Waals surface area contributed by atoms with Crippen LogP contribution in [0.25, 0.3) is 0 Å². The number of rotatable bonds is 6. The van der Waals surface area contributed by atoms with Gasteiger partial charge in [0.2, 0.25) is 11.8 Å². The monoisotopic (exact) mass is 260 g/mol. The van der Waals surface area contributed by atoms with Gasteiger partial charge in [0.25, 0.3) is 0 Å². The van der Waals surface area contributed by atoms with Crippen molar-refractivity contribution in [2.75, 3.05) is 26.0 Å². The van der Waals surface area contributed by atoms with Crippen LogP contribution >= 0.6 is 11.6 Å². The van der Waals surface area contributed by atoms with Crippen LogP contribution in [0.4, 0.5) is 0 Å². The molecule has 1 fully saturated rings. The number of hydrogen-bond donors (Lipinski definition) is 1. The topological polar surface area (TPSA) is 49.4 Å². The minimum absolute atomic E-state index is 0.0495. The maximum Gasteiger partial charge on any atom is 0.234 e. The van der Waals surface area contributed by atoms with E-state index in [0.29, 0.717) is 18.9 Å². The molecule has 0 aromatic heterocycles. The standard InChI is InChI=1S/C12H21ClN2O2/c1-15(9-10-4-2-3-5-10)12(17)6-7-14-11(16)8-13/h10H,2-9H2,1H3,(H,14,16). The van der Waals surface area contributed by atoms with Gasteiger partial charge in [0.15, 0.2) is 0 Å². The van der Waals surface area contributed by atoms with Crippen molar-refractivity contribution < 1.29 is 9.59 Å². The van der Waals surface area contributed by atoms with Gasteiger partial charge in [-0.2, -0.15) is 0 Å². The molecule has 1 saturated carbocycles. The van der Waals surface area contributed by atoms with Crippen molar-refractivity contribution in [2.45, 2.75) is 32.1 Å². The lowest BCUT2D eigenvalue weighted by Crippen LogP contribution is -2.34. The average molecular weight is 261 g/mol. The van der Waals surface area contributed by atoms with E-state index < -0.39 is 0 Å². The first-order valence-corrected chi connectivity index (χ1v) is 6.73. The van der Waals surface area contributed by atoms with Crippen molar-refractivity contribution in [3.8, 4) is 0 Å². The summed E-state index contributed by atoms with van der Waals surface area (Å²) in [5, 5.41) is 2.59. The maximum absolute atomic E-state index is 11.7. The second kappa shape index (κ2) is 7.54. The Morgan fingerprint density at radius 2 is 2.00 bits per heavy atom. The van der Waals surface area contributed by atoms with Gasteiger partial charge in [0.05, 0.1) is 0 Å². The molecule has 0 saturated heterocycles. The fourth-order valence-electron chi connectivity index (χ4n) is 2.23. The van der Waals surface area contributed by atoms with Crippen LogP contribution < -0.4 is 5.32 Å². The van der Waals surface area contributed by atoms with E-state index in [2.05, 4.69) is 5.32 Å².